The van der Waals surface area contributed by atoms with Crippen molar-refractivity contribution in [3.05, 3.63) is 59.1 Å². The van der Waals surface area contributed by atoms with E-state index in [1.165, 1.54) is 18.0 Å². The van der Waals surface area contributed by atoms with Crippen LogP contribution in [0, 0.1) is 0 Å². The predicted octanol–water partition coefficient (Wildman–Crippen LogP) is 2.99. The number of aromatic nitrogens is 3. The van der Waals surface area contributed by atoms with Gasteiger partial charge < -0.3 is 5.11 Å². The number of benzene rings is 2. The molecule has 3 rings (SSSR count). The minimum absolute atomic E-state index is 0.178. The minimum atomic E-state index is -0.237. The van der Waals surface area contributed by atoms with Gasteiger partial charge in [0.25, 0.3) is 11.7 Å². The second kappa shape index (κ2) is 9.38. The minimum Gasteiger partial charge on any atom is -0.508 e. The van der Waals surface area contributed by atoms with Crippen molar-refractivity contribution in [1.29, 1.82) is 0 Å². The van der Waals surface area contributed by atoms with Crippen LogP contribution in [0.4, 0.5) is 0 Å². The van der Waals surface area contributed by atoms with E-state index in [4.69, 9.17) is 11.6 Å². The Bertz CT molecular complexity index is 971. The van der Waals surface area contributed by atoms with E-state index in [9.17, 15) is 9.90 Å². The lowest BCUT2D eigenvalue weighted by atomic mass is 10.2. The summed E-state index contributed by atoms with van der Waals surface area (Å²) in [6.07, 6.45) is 1.52. The summed E-state index contributed by atoms with van der Waals surface area (Å²) in [5.41, 5.74) is 4.22. The Hall–Kier alpha value is -2.84. The van der Waals surface area contributed by atoms with E-state index in [0.29, 0.717) is 16.7 Å². The summed E-state index contributed by atoms with van der Waals surface area (Å²) in [6.45, 7) is 2.72. The molecule has 9 heteroatoms. The quantitative estimate of drug-likeness (QED) is 0.239. The summed E-state index contributed by atoms with van der Waals surface area (Å²) >= 11 is 7.27. The molecule has 0 saturated heterocycles. The molecule has 0 bridgehead atoms. The molecule has 7 nitrogen and oxygen atoms in total. The molecule has 0 unspecified atom stereocenters. The van der Waals surface area contributed by atoms with Gasteiger partial charge >= 0.3 is 5.16 Å². The van der Waals surface area contributed by atoms with E-state index >= 15 is 0 Å². The smallest absolute Gasteiger partial charge is 0.337 e. The Morgan fingerprint density at radius 3 is 2.68 bits per heavy atom. The van der Waals surface area contributed by atoms with Crippen molar-refractivity contribution in [1.82, 2.24) is 15.6 Å². The highest BCUT2D eigenvalue weighted by atomic mass is 35.5. The number of phenolic OH excluding ortho intramolecular Hbond substituents is 1. The Kier molecular flexibility index (Phi) is 6.67. The van der Waals surface area contributed by atoms with Gasteiger partial charge in [0.1, 0.15) is 5.75 Å². The SMILES string of the molecule is CC[n+]1c(SCC(=O)NN=Cc2ccc(O)cc2)n[nH]c1-c1ccc(Cl)cc1. The largest absolute Gasteiger partial charge is 0.508 e. The van der Waals surface area contributed by atoms with Crippen LogP contribution in [0.2, 0.25) is 5.02 Å². The van der Waals surface area contributed by atoms with E-state index in [1.807, 2.05) is 35.8 Å². The number of halogens is 1. The topological polar surface area (TPSA) is 94.2 Å². The molecule has 1 amide bonds. The normalized spacial score (nSPS) is 11.1. The van der Waals surface area contributed by atoms with E-state index in [2.05, 4.69) is 20.7 Å². The second-order valence-electron chi connectivity index (χ2n) is 5.78. The Balaban J connectivity index is 1.58. The average Bonchev–Trinajstić information content (AvgIpc) is 3.11. The molecule has 2 aromatic carbocycles. The predicted molar refractivity (Wildman–Crippen MR) is 109 cm³/mol. The van der Waals surface area contributed by atoms with Crippen LogP contribution in [0.1, 0.15) is 12.5 Å². The number of carbonyl (C=O) groups is 1. The molecule has 1 heterocycles. The zero-order valence-electron chi connectivity index (χ0n) is 15.1. The molecule has 3 N–H and O–H groups in total. The third kappa shape index (κ3) is 5.11. The number of nitrogens with zero attached hydrogens (tertiary/aromatic N) is 3. The first-order valence-electron chi connectivity index (χ1n) is 8.54. The monoisotopic (exact) mass is 416 g/mol. The number of aromatic hydroxyl groups is 1. The van der Waals surface area contributed by atoms with Crippen molar-refractivity contribution in [3.8, 4) is 17.1 Å². The van der Waals surface area contributed by atoms with E-state index in [-0.39, 0.29) is 17.4 Å². The van der Waals surface area contributed by atoms with E-state index in [1.54, 1.807) is 24.3 Å². The van der Waals surface area contributed by atoms with Gasteiger partial charge in [0, 0.05) is 5.02 Å². The molecule has 0 aliphatic rings. The molecule has 0 saturated carbocycles. The number of carbonyl (C=O) groups excluding carboxylic acids is 1. The summed E-state index contributed by atoms with van der Waals surface area (Å²) in [5, 5.41) is 21.9. The van der Waals surface area contributed by atoms with Crippen LogP contribution >= 0.6 is 23.4 Å². The van der Waals surface area contributed by atoms with Crippen molar-refractivity contribution < 1.29 is 14.5 Å². The summed E-state index contributed by atoms with van der Waals surface area (Å²) in [4.78, 5) is 12.0. The molecule has 0 atom stereocenters. The molecular weight excluding hydrogens is 398 g/mol. The summed E-state index contributed by atoms with van der Waals surface area (Å²) in [5.74, 6) is 0.975. The molecule has 3 aromatic rings. The summed E-state index contributed by atoms with van der Waals surface area (Å²) in [6, 6.07) is 14.0. The first-order valence-corrected chi connectivity index (χ1v) is 9.91. The van der Waals surface area contributed by atoms with Crippen LogP contribution < -0.4 is 9.99 Å². The number of hydrogen-bond donors (Lipinski definition) is 3. The average molecular weight is 417 g/mol. The van der Waals surface area contributed by atoms with Gasteiger partial charge in [-0.25, -0.2) is 9.99 Å². The molecule has 28 heavy (non-hydrogen) atoms. The van der Waals surface area contributed by atoms with Crippen LogP contribution in [0.25, 0.3) is 11.4 Å². The number of aromatic amines is 1. The second-order valence-corrected chi connectivity index (χ2v) is 7.16. The van der Waals surface area contributed by atoms with Gasteiger partial charge in [-0.3, -0.25) is 4.79 Å². The molecular formula is C19H19ClN5O2S+. The number of rotatable bonds is 7. The van der Waals surface area contributed by atoms with Crippen LogP contribution in [0.3, 0.4) is 0 Å². The number of amides is 1. The third-order valence-corrected chi connectivity index (χ3v) is 5.05. The fraction of sp³-hybridized carbons (Fsp3) is 0.158. The zero-order valence-corrected chi connectivity index (χ0v) is 16.7. The molecule has 1 aromatic heterocycles. The van der Waals surface area contributed by atoms with Gasteiger partial charge in [-0.15, -0.1) is 5.10 Å². The molecule has 144 valence electrons. The Morgan fingerprint density at radius 1 is 1.29 bits per heavy atom. The standard InChI is InChI=1S/C19H18ClN5O2S/c1-2-25-18(14-5-7-15(20)8-6-14)23-24-19(25)28-12-17(27)22-21-11-13-3-9-16(26)10-4-13/h3-11H,2,12H2,1H3,(H2,21,22,26,27)/p+1. The van der Waals surface area contributed by atoms with Crippen LogP contribution in [-0.2, 0) is 11.3 Å². The first kappa shape index (κ1) is 19.9. The highest BCUT2D eigenvalue weighted by Crippen LogP contribution is 2.19. The zero-order chi connectivity index (χ0) is 19.9. The maximum atomic E-state index is 12.0. The maximum Gasteiger partial charge on any atom is 0.337 e. The molecule has 0 radical (unpaired) electrons. The van der Waals surface area contributed by atoms with E-state index in [0.717, 1.165) is 17.0 Å². The lowest BCUT2D eigenvalue weighted by molar-refractivity contribution is -0.719. The number of thioether (sulfide) groups is 1. The highest BCUT2D eigenvalue weighted by Gasteiger charge is 2.21. The molecule has 0 spiro atoms. The van der Waals surface area contributed by atoms with Crippen LogP contribution in [0.5, 0.6) is 5.75 Å². The molecule has 0 fully saturated rings. The lowest BCUT2D eigenvalue weighted by Gasteiger charge is -2.01. The fourth-order valence-corrected chi connectivity index (χ4v) is 3.39. The van der Waals surface area contributed by atoms with Crippen molar-refractivity contribution in [3.63, 3.8) is 0 Å². The number of nitrogens with one attached hydrogen (secondary N) is 2. The van der Waals surface area contributed by atoms with Gasteiger partial charge in [-0.2, -0.15) is 5.10 Å². The Labute approximate surface area is 171 Å². The summed E-state index contributed by atoms with van der Waals surface area (Å²) < 4.78 is 2.00. The number of H-pyrrole nitrogens is 1. The van der Waals surface area contributed by atoms with Gasteiger partial charge in [0.2, 0.25) is 0 Å². The summed E-state index contributed by atoms with van der Waals surface area (Å²) in [7, 11) is 0. The van der Waals surface area contributed by atoms with Crippen LogP contribution in [-0.4, -0.2) is 33.2 Å². The molecule has 0 aliphatic carbocycles. The van der Waals surface area contributed by atoms with E-state index < -0.39 is 0 Å². The van der Waals surface area contributed by atoms with Gasteiger partial charge in [0.15, 0.2) is 0 Å². The number of hydrazone groups is 1. The third-order valence-electron chi connectivity index (χ3n) is 3.82. The fourth-order valence-electron chi connectivity index (χ4n) is 2.45. The van der Waals surface area contributed by atoms with Crippen molar-refractivity contribution in [2.75, 3.05) is 5.75 Å². The number of phenols is 1. The van der Waals surface area contributed by atoms with Crippen molar-refractivity contribution in [2.45, 2.75) is 18.6 Å². The molecule has 0 aliphatic heterocycles. The van der Waals surface area contributed by atoms with Gasteiger partial charge in [0.05, 0.1) is 29.2 Å². The van der Waals surface area contributed by atoms with Gasteiger partial charge in [-0.05, 0) is 72.8 Å². The van der Waals surface area contributed by atoms with Crippen molar-refractivity contribution in [2.24, 2.45) is 5.10 Å². The van der Waals surface area contributed by atoms with Crippen molar-refractivity contribution >= 4 is 35.5 Å². The van der Waals surface area contributed by atoms with Gasteiger partial charge in [-0.1, -0.05) is 11.6 Å². The number of hydrogen-bond acceptors (Lipinski definition) is 5. The van der Waals surface area contributed by atoms with Crippen LogP contribution in [0.15, 0.2) is 58.8 Å². The highest BCUT2D eigenvalue weighted by molar-refractivity contribution is 7.99. The first-order chi connectivity index (χ1) is 13.6. The Morgan fingerprint density at radius 2 is 2.00 bits per heavy atom. The lowest BCUT2D eigenvalue weighted by Crippen LogP contribution is -2.36. The maximum absolute atomic E-state index is 12.0.